The Morgan fingerprint density at radius 2 is 1.85 bits per heavy atom. The summed E-state index contributed by atoms with van der Waals surface area (Å²) < 4.78 is 1.33. The van der Waals surface area contributed by atoms with Crippen LogP contribution in [-0.4, -0.2) is 44.9 Å². The van der Waals surface area contributed by atoms with Crippen molar-refractivity contribution in [2.24, 2.45) is 5.92 Å². The molecular weight excluding hydrogens is 422 g/mol. The van der Waals surface area contributed by atoms with Gasteiger partial charge in [-0.25, -0.2) is 4.79 Å². The molecule has 0 radical (unpaired) electrons. The van der Waals surface area contributed by atoms with E-state index in [1.165, 1.54) is 9.58 Å². The number of carboxylic acid groups (broad SMARTS) is 1. The van der Waals surface area contributed by atoms with Crippen molar-refractivity contribution in [2.45, 2.75) is 33.2 Å². The molecule has 2 heterocycles. The van der Waals surface area contributed by atoms with Gasteiger partial charge in [0, 0.05) is 18.7 Å². The summed E-state index contributed by atoms with van der Waals surface area (Å²) in [7, 11) is 0. The van der Waals surface area contributed by atoms with Gasteiger partial charge in [0.2, 0.25) is 5.43 Å². The lowest BCUT2D eigenvalue weighted by atomic mass is 9.93. The number of nitrogens with zero attached hydrogens (tertiary/aromatic N) is 3. The minimum absolute atomic E-state index is 0.0662. The Hall–Kier alpha value is -3.81. The van der Waals surface area contributed by atoms with Crippen LogP contribution in [0.3, 0.4) is 0 Å². The zero-order valence-electron chi connectivity index (χ0n) is 19.0. The highest BCUT2D eigenvalue weighted by Crippen LogP contribution is 2.33. The summed E-state index contributed by atoms with van der Waals surface area (Å²) in [5.41, 5.74) is -0.963. The number of pyridine rings is 1. The second kappa shape index (κ2) is 10.2. The summed E-state index contributed by atoms with van der Waals surface area (Å²) in [6, 6.07) is 9.33. The fraction of sp³-hybridized carbons (Fsp3) is 0.320. The summed E-state index contributed by atoms with van der Waals surface area (Å²) in [5.74, 6) is -2.92. The van der Waals surface area contributed by atoms with Gasteiger partial charge in [-0.2, -0.15) is 0 Å². The third kappa shape index (κ3) is 4.69. The van der Waals surface area contributed by atoms with Crippen LogP contribution in [0.5, 0.6) is 5.75 Å². The zero-order chi connectivity index (χ0) is 24.1. The number of allylic oxidation sites excluding steroid dienone is 3. The Balaban J connectivity index is 2.24. The molecule has 1 aromatic heterocycles. The predicted octanol–water partition coefficient (Wildman–Crippen LogP) is 3.52. The molecule has 2 aromatic rings. The fourth-order valence-corrected chi connectivity index (χ4v) is 4.02. The van der Waals surface area contributed by atoms with Gasteiger partial charge in [-0.05, 0) is 18.9 Å². The molecule has 1 aliphatic heterocycles. The highest BCUT2D eigenvalue weighted by Gasteiger charge is 2.38. The van der Waals surface area contributed by atoms with Crippen LogP contribution in [0.15, 0.2) is 65.6 Å². The molecule has 33 heavy (non-hydrogen) atoms. The number of aromatic hydroxyl groups is 1. The van der Waals surface area contributed by atoms with Gasteiger partial charge < -0.3 is 15.1 Å². The van der Waals surface area contributed by atoms with Crippen LogP contribution in [-0.2, 0) is 0 Å². The van der Waals surface area contributed by atoms with Crippen molar-refractivity contribution < 1.29 is 19.8 Å². The third-order valence-electron chi connectivity index (χ3n) is 5.72. The first-order valence-corrected chi connectivity index (χ1v) is 11.0. The molecular formula is C25H29N3O5. The van der Waals surface area contributed by atoms with Crippen molar-refractivity contribution in [1.82, 2.24) is 9.58 Å². The van der Waals surface area contributed by atoms with Crippen molar-refractivity contribution in [3.05, 3.63) is 87.9 Å². The molecule has 0 saturated heterocycles. The lowest BCUT2D eigenvalue weighted by Gasteiger charge is -2.45. The number of rotatable bonds is 8. The number of hydrogen-bond donors (Lipinski definition) is 2. The molecule has 1 aliphatic rings. The highest BCUT2D eigenvalue weighted by molar-refractivity contribution is 5.97. The maximum Gasteiger partial charge on any atom is 0.341 e. The lowest BCUT2D eigenvalue weighted by Crippen LogP contribution is -2.56. The molecule has 0 saturated carbocycles. The minimum atomic E-state index is -1.47. The third-order valence-corrected chi connectivity index (χ3v) is 5.72. The van der Waals surface area contributed by atoms with E-state index in [0.29, 0.717) is 6.54 Å². The van der Waals surface area contributed by atoms with Crippen LogP contribution < -0.4 is 10.4 Å². The van der Waals surface area contributed by atoms with Gasteiger partial charge >= 0.3 is 5.97 Å². The van der Waals surface area contributed by atoms with E-state index in [4.69, 9.17) is 0 Å². The standard InChI is InChI=1S/C25H29N3O5/c1-4-6-7-9-12-17(3)20(18-13-10-8-11-14-18)28-16-26(5-2)24(31)21-23(30)22(29)19(25(32)33)15-27(21)28/h6-15,17,20,30H,4-5,16H2,1-3H3,(H,32,33)/b7-6-,12-9-. The number of benzene rings is 1. The molecule has 8 heteroatoms. The maximum absolute atomic E-state index is 13.0. The Morgan fingerprint density at radius 1 is 1.15 bits per heavy atom. The van der Waals surface area contributed by atoms with E-state index < -0.39 is 28.6 Å². The average Bonchev–Trinajstić information content (AvgIpc) is 2.80. The summed E-state index contributed by atoms with van der Waals surface area (Å²) in [6.07, 6.45) is 10.1. The smallest absolute Gasteiger partial charge is 0.341 e. The van der Waals surface area contributed by atoms with Crippen LogP contribution in [0, 0.1) is 5.92 Å². The molecule has 2 N–H and O–H groups in total. The van der Waals surface area contributed by atoms with Crippen LogP contribution in [0.2, 0.25) is 0 Å². The van der Waals surface area contributed by atoms with Crippen LogP contribution in [0.25, 0.3) is 0 Å². The molecule has 0 aliphatic carbocycles. The van der Waals surface area contributed by atoms with Crippen molar-refractivity contribution in [1.29, 1.82) is 0 Å². The molecule has 0 bridgehead atoms. The van der Waals surface area contributed by atoms with Gasteiger partial charge in [-0.15, -0.1) is 0 Å². The first-order valence-electron chi connectivity index (χ1n) is 11.0. The van der Waals surface area contributed by atoms with Crippen molar-refractivity contribution in [2.75, 3.05) is 18.2 Å². The van der Waals surface area contributed by atoms with Crippen molar-refractivity contribution >= 4 is 11.9 Å². The Kier molecular flexibility index (Phi) is 7.37. The molecule has 8 nitrogen and oxygen atoms in total. The lowest BCUT2D eigenvalue weighted by molar-refractivity contribution is 0.0660. The predicted molar refractivity (Wildman–Crippen MR) is 126 cm³/mol. The van der Waals surface area contributed by atoms with Gasteiger partial charge in [0.05, 0.1) is 6.04 Å². The molecule has 2 atom stereocenters. The number of carbonyl (C=O) groups is 2. The molecule has 0 fully saturated rings. The number of carbonyl (C=O) groups excluding carboxylic acids is 1. The minimum Gasteiger partial charge on any atom is -0.502 e. The summed E-state index contributed by atoms with van der Waals surface area (Å²) in [5, 5.41) is 21.9. The Labute approximate surface area is 192 Å². The number of amides is 1. The second-order valence-electron chi connectivity index (χ2n) is 7.90. The maximum atomic E-state index is 13.0. The summed E-state index contributed by atoms with van der Waals surface area (Å²) in [4.78, 5) is 38.7. The van der Waals surface area contributed by atoms with Gasteiger partial charge in [0.1, 0.15) is 12.2 Å². The average molecular weight is 452 g/mol. The monoisotopic (exact) mass is 451 g/mol. The largest absolute Gasteiger partial charge is 0.502 e. The number of aromatic carboxylic acids is 1. The number of aromatic nitrogens is 1. The fourth-order valence-electron chi connectivity index (χ4n) is 4.02. The molecule has 1 amide bonds. The SMILES string of the molecule is CC/C=C\C=C/C(C)C(c1ccccc1)N1CN(CC)C(=O)c2c(O)c(=O)c(C(=O)O)cn21. The van der Waals surface area contributed by atoms with E-state index in [1.807, 2.05) is 73.5 Å². The zero-order valence-corrected chi connectivity index (χ0v) is 19.0. The normalized spacial score (nSPS) is 15.8. The van der Waals surface area contributed by atoms with Crippen LogP contribution in [0.1, 0.15) is 59.6 Å². The molecule has 1 aromatic carbocycles. The van der Waals surface area contributed by atoms with Crippen LogP contribution >= 0.6 is 0 Å². The van der Waals surface area contributed by atoms with E-state index in [-0.39, 0.29) is 24.3 Å². The molecule has 3 rings (SSSR count). The van der Waals surface area contributed by atoms with E-state index >= 15 is 0 Å². The highest BCUT2D eigenvalue weighted by atomic mass is 16.4. The molecule has 0 spiro atoms. The van der Waals surface area contributed by atoms with E-state index in [2.05, 4.69) is 6.92 Å². The molecule has 2 unspecified atom stereocenters. The number of hydrogen-bond acceptors (Lipinski definition) is 5. The molecule has 174 valence electrons. The Bertz CT molecular complexity index is 1140. The topological polar surface area (TPSA) is 103 Å². The van der Waals surface area contributed by atoms with Gasteiger partial charge in [0.15, 0.2) is 11.4 Å². The Morgan fingerprint density at radius 3 is 2.45 bits per heavy atom. The van der Waals surface area contributed by atoms with E-state index in [9.17, 15) is 24.6 Å². The van der Waals surface area contributed by atoms with E-state index in [0.717, 1.165) is 18.2 Å². The second-order valence-corrected chi connectivity index (χ2v) is 7.90. The number of carboxylic acids is 1. The van der Waals surface area contributed by atoms with Crippen molar-refractivity contribution in [3.63, 3.8) is 0 Å². The van der Waals surface area contributed by atoms with Gasteiger partial charge in [-0.3, -0.25) is 19.3 Å². The van der Waals surface area contributed by atoms with E-state index in [1.54, 1.807) is 0 Å². The number of fused-ring (bicyclic) bond motifs is 1. The summed E-state index contributed by atoms with van der Waals surface area (Å²) >= 11 is 0. The van der Waals surface area contributed by atoms with Crippen LogP contribution in [0.4, 0.5) is 0 Å². The van der Waals surface area contributed by atoms with Crippen molar-refractivity contribution in [3.8, 4) is 5.75 Å². The quantitative estimate of drug-likeness (QED) is 0.596. The van der Waals surface area contributed by atoms with Gasteiger partial charge in [-0.1, -0.05) is 68.5 Å². The summed E-state index contributed by atoms with van der Waals surface area (Å²) in [6.45, 7) is 6.40. The van der Waals surface area contributed by atoms with Gasteiger partial charge in [0.25, 0.3) is 5.91 Å². The first kappa shape index (κ1) is 23.8. The first-order chi connectivity index (χ1) is 15.8.